The van der Waals surface area contributed by atoms with Gasteiger partial charge in [-0.25, -0.2) is 4.98 Å². The molecule has 14 heavy (non-hydrogen) atoms. The molecule has 5 heteroatoms. The van der Waals surface area contributed by atoms with Crippen LogP contribution in [0.15, 0.2) is 6.20 Å². The molecule has 0 radical (unpaired) electrons. The number of aromatic nitrogens is 2. The van der Waals surface area contributed by atoms with Crippen LogP contribution in [0.1, 0.15) is 31.3 Å². The second kappa shape index (κ2) is 3.69. The first kappa shape index (κ1) is 10.6. The van der Waals surface area contributed by atoms with Crippen molar-refractivity contribution >= 4 is 6.29 Å². The van der Waals surface area contributed by atoms with Crippen LogP contribution in [0, 0.1) is 5.95 Å². The van der Waals surface area contributed by atoms with Crippen molar-refractivity contribution in [3.63, 3.8) is 0 Å². The first-order chi connectivity index (χ1) is 6.42. The van der Waals surface area contributed by atoms with Crippen LogP contribution in [-0.2, 0) is 0 Å². The van der Waals surface area contributed by atoms with E-state index in [2.05, 4.69) is 9.97 Å². The molecular formula is C9H11FN2O2. The second-order valence-electron chi connectivity index (χ2n) is 3.72. The zero-order valence-electron chi connectivity index (χ0n) is 8.24. The third-order valence-electron chi connectivity index (χ3n) is 1.25. The highest BCUT2D eigenvalue weighted by atomic mass is 19.1. The summed E-state index contributed by atoms with van der Waals surface area (Å²) in [5, 5.41) is 0. The zero-order chi connectivity index (χ0) is 10.8. The van der Waals surface area contributed by atoms with Gasteiger partial charge in [0.05, 0.1) is 6.20 Å². The summed E-state index contributed by atoms with van der Waals surface area (Å²) in [6.45, 7) is 5.32. The van der Waals surface area contributed by atoms with Gasteiger partial charge in [-0.05, 0) is 20.8 Å². The molecule has 0 spiro atoms. The van der Waals surface area contributed by atoms with E-state index < -0.39 is 11.5 Å². The molecule has 1 aromatic heterocycles. The number of hydrogen-bond acceptors (Lipinski definition) is 4. The molecule has 0 amide bonds. The predicted octanol–water partition coefficient (Wildman–Crippen LogP) is 1.61. The van der Waals surface area contributed by atoms with Gasteiger partial charge in [-0.15, -0.1) is 0 Å². The van der Waals surface area contributed by atoms with E-state index in [9.17, 15) is 9.18 Å². The molecule has 0 fully saturated rings. The molecular weight excluding hydrogens is 187 g/mol. The maximum Gasteiger partial charge on any atom is 0.246 e. The van der Waals surface area contributed by atoms with Gasteiger partial charge >= 0.3 is 0 Å². The number of aldehydes is 1. The molecule has 0 bridgehead atoms. The van der Waals surface area contributed by atoms with E-state index in [0.29, 0.717) is 6.29 Å². The summed E-state index contributed by atoms with van der Waals surface area (Å²) >= 11 is 0. The number of nitrogens with zero attached hydrogens (tertiary/aromatic N) is 2. The number of hydrogen-bond donors (Lipinski definition) is 0. The molecule has 0 saturated carbocycles. The molecule has 0 saturated heterocycles. The van der Waals surface area contributed by atoms with Crippen LogP contribution < -0.4 is 4.74 Å². The van der Waals surface area contributed by atoms with E-state index in [1.807, 2.05) is 0 Å². The minimum atomic E-state index is -0.769. The van der Waals surface area contributed by atoms with Crippen molar-refractivity contribution in [3.05, 3.63) is 17.8 Å². The summed E-state index contributed by atoms with van der Waals surface area (Å²) in [7, 11) is 0. The lowest BCUT2D eigenvalue weighted by Gasteiger charge is -2.20. The summed E-state index contributed by atoms with van der Waals surface area (Å²) in [4.78, 5) is 17.5. The lowest BCUT2D eigenvalue weighted by molar-refractivity contribution is 0.106. The van der Waals surface area contributed by atoms with Crippen LogP contribution in [0.4, 0.5) is 4.39 Å². The quantitative estimate of drug-likeness (QED) is 0.677. The van der Waals surface area contributed by atoms with Gasteiger partial charge < -0.3 is 4.74 Å². The largest absolute Gasteiger partial charge is 0.470 e. The highest BCUT2D eigenvalue weighted by molar-refractivity contribution is 5.74. The number of carbonyl (C=O) groups is 1. The van der Waals surface area contributed by atoms with Crippen molar-refractivity contribution in [1.29, 1.82) is 0 Å². The van der Waals surface area contributed by atoms with Crippen molar-refractivity contribution in [2.45, 2.75) is 26.4 Å². The normalized spacial score (nSPS) is 11.1. The Labute approximate surface area is 81.1 Å². The van der Waals surface area contributed by atoms with Crippen LogP contribution in [0.3, 0.4) is 0 Å². The van der Waals surface area contributed by atoms with E-state index in [4.69, 9.17) is 4.74 Å². The molecule has 0 aromatic carbocycles. The molecule has 76 valence electrons. The van der Waals surface area contributed by atoms with Crippen LogP contribution in [0.5, 0.6) is 5.88 Å². The van der Waals surface area contributed by atoms with E-state index in [1.54, 1.807) is 20.8 Å². The lowest BCUT2D eigenvalue weighted by atomic mass is 10.2. The van der Waals surface area contributed by atoms with E-state index >= 15 is 0 Å². The fourth-order valence-electron chi connectivity index (χ4n) is 0.807. The maximum atomic E-state index is 12.7. The van der Waals surface area contributed by atoms with Crippen LogP contribution >= 0.6 is 0 Å². The Morgan fingerprint density at radius 3 is 2.64 bits per heavy atom. The monoisotopic (exact) mass is 198 g/mol. The fraction of sp³-hybridized carbons (Fsp3) is 0.444. The highest BCUT2D eigenvalue weighted by Gasteiger charge is 2.17. The van der Waals surface area contributed by atoms with Crippen molar-refractivity contribution < 1.29 is 13.9 Å². The number of carbonyl (C=O) groups excluding carboxylic acids is 1. The van der Waals surface area contributed by atoms with Gasteiger partial charge in [0.1, 0.15) is 5.60 Å². The Morgan fingerprint density at radius 2 is 2.14 bits per heavy atom. The molecule has 0 aliphatic rings. The van der Waals surface area contributed by atoms with E-state index in [-0.39, 0.29) is 11.6 Å². The third-order valence-corrected chi connectivity index (χ3v) is 1.25. The molecule has 0 aliphatic carbocycles. The molecule has 1 heterocycles. The van der Waals surface area contributed by atoms with Gasteiger partial charge in [0.15, 0.2) is 12.0 Å². The van der Waals surface area contributed by atoms with Gasteiger partial charge in [0.2, 0.25) is 11.8 Å². The first-order valence-electron chi connectivity index (χ1n) is 4.09. The first-order valence-corrected chi connectivity index (χ1v) is 4.09. The third kappa shape index (κ3) is 2.76. The molecule has 1 aromatic rings. The molecule has 0 atom stereocenters. The Morgan fingerprint density at radius 1 is 1.50 bits per heavy atom. The average molecular weight is 198 g/mol. The predicted molar refractivity (Wildman–Crippen MR) is 47.8 cm³/mol. The van der Waals surface area contributed by atoms with Gasteiger partial charge in [0, 0.05) is 0 Å². The summed E-state index contributed by atoms with van der Waals surface area (Å²) < 4.78 is 17.9. The minimum absolute atomic E-state index is 0.00123. The molecule has 0 N–H and O–H groups in total. The van der Waals surface area contributed by atoms with Gasteiger partial charge in [-0.1, -0.05) is 0 Å². The van der Waals surface area contributed by atoms with Crippen molar-refractivity contribution in [3.8, 4) is 5.88 Å². The standard InChI is InChI=1S/C9H11FN2O2/c1-9(2,3)14-8-6(5-13)11-4-7(10)12-8/h4-5H,1-3H3. The van der Waals surface area contributed by atoms with Gasteiger partial charge in [-0.3, -0.25) is 4.79 Å². The van der Waals surface area contributed by atoms with Crippen LogP contribution in [0.25, 0.3) is 0 Å². The summed E-state index contributed by atoms with van der Waals surface area (Å²) in [5.74, 6) is -0.845. The molecule has 0 unspecified atom stereocenters. The zero-order valence-corrected chi connectivity index (χ0v) is 8.24. The van der Waals surface area contributed by atoms with E-state index in [0.717, 1.165) is 6.20 Å². The average Bonchev–Trinajstić information content (AvgIpc) is 2.01. The SMILES string of the molecule is CC(C)(C)Oc1nc(F)cnc1C=O. The minimum Gasteiger partial charge on any atom is -0.470 e. The Kier molecular flexibility index (Phi) is 2.78. The number of rotatable bonds is 2. The Bertz CT molecular complexity index is 347. The van der Waals surface area contributed by atoms with E-state index in [1.165, 1.54) is 0 Å². The molecule has 4 nitrogen and oxygen atoms in total. The Balaban J connectivity index is 3.05. The maximum absolute atomic E-state index is 12.7. The van der Waals surface area contributed by atoms with Crippen LogP contribution in [0.2, 0.25) is 0 Å². The van der Waals surface area contributed by atoms with Crippen molar-refractivity contribution in [1.82, 2.24) is 9.97 Å². The lowest BCUT2D eigenvalue weighted by Crippen LogP contribution is -2.24. The van der Waals surface area contributed by atoms with Crippen molar-refractivity contribution in [2.24, 2.45) is 0 Å². The van der Waals surface area contributed by atoms with Crippen molar-refractivity contribution in [2.75, 3.05) is 0 Å². The molecule has 0 aliphatic heterocycles. The summed E-state index contributed by atoms with van der Waals surface area (Å²) in [6, 6.07) is 0. The number of ether oxygens (including phenoxy) is 1. The Hall–Kier alpha value is -1.52. The summed E-state index contributed by atoms with van der Waals surface area (Å²) in [6.07, 6.45) is 1.35. The topological polar surface area (TPSA) is 52.1 Å². The van der Waals surface area contributed by atoms with Gasteiger partial charge in [-0.2, -0.15) is 9.37 Å². The smallest absolute Gasteiger partial charge is 0.246 e. The summed E-state index contributed by atoms with van der Waals surface area (Å²) in [5.41, 5.74) is -0.540. The molecule has 1 rings (SSSR count). The van der Waals surface area contributed by atoms with Crippen LogP contribution in [-0.4, -0.2) is 21.9 Å². The second-order valence-corrected chi connectivity index (χ2v) is 3.72. The van der Waals surface area contributed by atoms with Gasteiger partial charge in [0.25, 0.3) is 0 Å². The fourth-order valence-corrected chi connectivity index (χ4v) is 0.807. The number of halogens is 1. The highest BCUT2D eigenvalue weighted by Crippen LogP contribution is 2.17.